The Morgan fingerprint density at radius 1 is 0.927 bits per heavy atom. The van der Waals surface area contributed by atoms with Gasteiger partial charge in [0.05, 0.1) is 12.7 Å². The molecule has 0 atom stereocenters. The highest BCUT2D eigenvalue weighted by Gasteiger charge is 2.18. The van der Waals surface area contributed by atoms with E-state index in [2.05, 4.69) is 10.6 Å². The quantitative estimate of drug-likeness (QED) is 0.450. The molecule has 0 saturated carbocycles. The van der Waals surface area contributed by atoms with E-state index in [0.29, 0.717) is 67.9 Å². The van der Waals surface area contributed by atoms with E-state index in [-0.39, 0.29) is 48.4 Å². The first-order valence-corrected chi connectivity index (χ1v) is 13.8. The van der Waals surface area contributed by atoms with Gasteiger partial charge in [0.25, 0.3) is 11.5 Å². The molecule has 1 aliphatic heterocycles. The summed E-state index contributed by atoms with van der Waals surface area (Å²) >= 11 is 0. The number of aromatic nitrogens is 1. The largest absolute Gasteiger partial charge is 0.507 e. The number of aryl methyl sites for hydroxylation is 1. The summed E-state index contributed by atoms with van der Waals surface area (Å²) in [7, 11) is 1.49. The molecular weight excluding hydrogens is 524 g/mol. The molecule has 4 rings (SSSR count). The number of aromatic hydroxyl groups is 1. The zero-order valence-electron chi connectivity index (χ0n) is 23.2. The lowest BCUT2D eigenvalue weighted by Crippen LogP contribution is -2.36. The summed E-state index contributed by atoms with van der Waals surface area (Å²) in [6.07, 6.45) is 3.62. The number of phenolic OH excluding ortho intramolecular Hbond substituents is 1. The number of nitrogens with zero attached hydrogens (tertiary/aromatic N) is 2. The summed E-state index contributed by atoms with van der Waals surface area (Å²) in [5, 5.41) is 16.4. The van der Waals surface area contributed by atoms with E-state index in [1.54, 1.807) is 53.6 Å². The Balaban J connectivity index is 1.51. The monoisotopic (exact) mass is 560 g/mol. The molecule has 2 aromatic carbocycles. The molecule has 0 saturated heterocycles. The van der Waals surface area contributed by atoms with Gasteiger partial charge in [-0.1, -0.05) is 18.2 Å². The van der Waals surface area contributed by atoms with Crippen LogP contribution < -0.4 is 20.9 Å². The van der Waals surface area contributed by atoms with Crippen molar-refractivity contribution >= 4 is 17.7 Å². The molecule has 0 spiro atoms. The Kier molecular flexibility index (Phi) is 10.1. The minimum atomic E-state index is -0.326. The maximum atomic E-state index is 13.1. The summed E-state index contributed by atoms with van der Waals surface area (Å²) < 4.78 is 6.91. The van der Waals surface area contributed by atoms with Crippen molar-refractivity contribution in [2.45, 2.75) is 38.6 Å². The third kappa shape index (κ3) is 7.97. The minimum Gasteiger partial charge on any atom is -0.507 e. The number of carbonyl (C=O) groups excluding carboxylic acids is 3. The van der Waals surface area contributed by atoms with Gasteiger partial charge in [-0.25, -0.2) is 0 Å². The Morgan fingerprint density at radius 2 is 1.76 bits per heavy atom. The predicted octanol–water partition coefficient (Wildman–Crippen LogP) is 2.72. The molecule has 3 N–H and O–H groups in total. The van der Waals surface area contributed by atoms with Gasteiger partial charge in [0.15, 0.2) is 0 Å². The predicted molar refractivity (Wildman–Crippen MR) is 155 cm³/mol. The van der Waals surface area contributed by atoms with Crippen LogP contribution in [0.4, 0.5) is 0 Å². The van der Waals surface area contributed by atoms with Crippen molar-refractivity contribution in [3.63, 3.8) is 0 Å². The smallest absolute Gasteiger partial charge is 0.255 e. The fraction of sp³-hybridized carbons (Fsp3) is 0.355. The molecule has 1 aromatic heterocycles. The molecule has 0 fully saturated rings. The Morgan fingerprint density at radius 3 is 2.56 bits per heavy atom. The van der Waals surface area contributed by atoms with Crippen LogP contribution in [0.2, 0.25) is 0 Å². The van der Waals surface area contributed by atoms with E-state index < -0.39 is 0 Å². The second-order valence-corrected chi connectivity index (χ2v) is 9.94. The Hall–Kier alpha value is -4.60. The minimum absolute atomic E-state index is 0.0853. The first-order chi connectivity index (χ1) is 19.9. The van der Waals surface area contributed by atoms with Crippen LogP contribution in [0.3, 0.4) is 0 Å². The van der Waals surface area contributed by atoms with E-state index in [0.717, 1.165) is 5.56 Å². The molecule has 0 aliphatic carbocycles. The lowest BCUT2D eigenvalue weighted by Gasteiger charge is -2.23. The number of fused-ring (bicyclic) bond motifs is 5. The molecule has 0 unspecified atom stereocenters. The Labute approximate surface area is 238 Å². The van der Waals surface area contributed by atoms with Gasteiger partial charge in [0, 0.05) is 63.4 Å². The van der Waals surface area contributed by atoms with Crippen molar-refractivity contribution in [2.75, 3.05) is 33.3 Å². The summed E-state index contributed by atoms with van der Waals surface area (Å²) in [6, 6.07) is 15.3. The van der Waals surface area contributed by atoms with Crippen molar-refractivity contribution in [1.29, 1.82) is 0 Å². The SMILES string of the molecule is COc1ccc2cc1C(=O)NCCCN(C(=O)CCn1ccccc1=O)CCCC(=O)NCCc1ccc(O)c-2c1. The van der Waals surface area contributed by atoms with Gasteiger partial charge >= 0.3 is 0 Å². The molecule has 4 bridgehead atoms. The first-order valence-electron chi connectivity index (χ1n) is 13.8. The average Bonchev–Trinajstić information content (AvgIpc) is 2.97. The third-order valence-corrected chi connectivity index (χ3v) is 7.09. The lowest BCUT2D eigenvalue weighted by molar-refractivity contribution is -0.132. The van der Waals surface area contributed by atoms with Gasteiger partial charge in [-0.3, -0.25) is 19.2 Å². The molecule has 3 amide bonds. The van der Waals surface area contributed by atoms with Crippen LogP contribution in [0.1, 0.15) is 41.6 Å². The third-order valence-electron chi connectivity index (χ3n) is 7.09. The molecule has 216 valence electrons. The molecular formula is C31H36N4O6. The van der Waals surface area contributed by atoms with Crippen LogP contribution >= 0.6 is 0 Å². The number of phenols is 1. The summed E-state index contributed by atoms with van der Waals surface area (Å²) in [6.45, 7) is 1.78. The van der Waals surface area contributed by atoms with Crippen molar-refractivity contribution in [3.05, 3.63) is 82.3 Å². The lowest BCUT2D eigenvalue weighted by atomic mass is 9.98. The normalized spacial score (nSPS) is 15.1. The zero-order valence-corrected chi connectivity index (χ0v) is 23.2. The van der Waals surface area contributed by atoms with Gasteiger partial charge in [0.2, 0.25) is 11.8 Å². The summed E-state index contributed by atoms with van der Waals surface area (Å²) in [5.41, 5.74) is 2.33. The topological polar surface area (TPSA) is 130 Å². The number of methoxy groups -OCH3 is 1. The molecule has 10 nitrogen and oxygen atoms in total. The number of hydrogen-bond donors (Lipinski definition) is 3. The standard InChI is InChI=1S/C31H36N4O6/c1-41-27-11-9-23-21-25(27)31(40)33-14-5-18-34(30(39)13-19-35-16-3-2-7-29(35)38)17-4-6-28(37)32-15-12-22-8-10-26(36)24(23)20-22/h2-3,7-11,16,20-21,36H,4-6,12-15,17-19H2,1H3,(H,32,37)(H,33,40). The van der Waals surface area contributed by atoms with Gasteiger partial charge in [-0.2, -0.15) is 0 Å². The van der Waals surface area contributed by atoms with E-state index in [1.165, 1.54) is 17.7 Å². The molecule has 0 radical (unpaired) electrons. The highest BCUT2D eigenvalue weighted by atomic mass is 16.5. The van der Waals surface area contributed by atoms with E-state index in [1.807, 2.05) is 6.07 Å². The van der Waals surface area contributed by atoms with Crippen molar-refractivity contribution in [3.8, 4) is 22.6 Å². The van der Waals surface area contributed by atoms with E-state index in [9.17, 15) is 24.3 Å². The van der Waals surface area contributed by atoms with Crippen molar-refractivity contribution in [1.82, 2.24) is 20.1 Å². The number of amides is 3. The van der Waals surface area contributed by atoms with Crippen molar-refractivity contribution < 1.29 is 24.2 Å². The number of carbonyl (C=O) groups is 3. The average molecular weight is 561 g/mol. The molecule has 3 aromatic rings. The number of rotatable bonds is 4. The number of nitrogens with one attached hydrogen (secondary N) is 2. The van der Waals surface area contributed by atoms with Crippen LogP contribution in [0.15, 0.2) is 65.6 Å². The zero-order chi connectivity index (χ0) is 29.2. The second-order valence-electron chi connectivity index (χ2n) is 9.94. The van der Waals surface area contributed by atoms with Gasteiger partial charge in [-0.05, 0) is 60.7 Å². The fourth-order valence-corrected chi connectivity index (χ4v) is 4.84. The van der Waals surface area contributed by atoms with Gasteiger partial charge in [-0.15, -0.1) is 0 Å². The molecule has 41 heavy (non-hydrogen) atoms. The van der Waals surface area contributed by atoms with Crippen LogP contribution in [0.25, 0.3) is 11.1 Å². The Bertz CT molecular complexity index is 1450. The van der Waals surface area contributed by atoms with Gasteiger partial charge < -0.3 is 29.9 Å². The maximum absolute atomic E-state index is 13.1. The van der Waals surface area contributed by atoms with Crippen molar-refractivity contribution in [2.24, 2.45) is 0 Å². The van der Waals surface area contributed by atoms with Crippen LogP contribution in [-0.4, -0.2) is 65.6 Å². The van der Waals surface area contributed by atoms with E-state index in [4.69, 9.17) is 4.74 Å². The highest BCUT2D eigenvalue weighted by molar-refractivity contribution is 5.98. The molecule has 1 aliphatic rings. The first kappa shape index (κ1) is 29.4. The molecule has 2 heterocycles. The number of hydrogen-bond acceptors (Lipinski definition) is 6. The number of pyridine rings is 1. The summed E-state index contributed by atoms with van der Waals surface area (Å²) in [5.74, 6) is -0.0528. The maximum Gasteiger partial charge on any atom is 0.255 e. The van der Waals surface area contributed by atoms with Crippen LogP contribution in [-0.2, 0) is 22.6 Å². The van der Waals surface area contributed by atoms with Crippen LogP contribution in [0.5, 0.6) is 11.5 Å². The second kappa shape index (κ2) is 14.2. The number of ether oxygens (including phenoxy) is 1. The van der Waals surface area contributed by atoms with Crippen LogP contribution in [0, 0.1) is 0 Å². The van der Waals surface area contributed by atoms with E-state index >= 15 is 0 Å². The van der Waals surface area contributed by atoms with Gasteiger partial charge in [0.1, 0.15) is 11.5 Å². The number of benzene rings is 2. The molecule has 10 heteroatoms. The fourth-order valence-electron chi connectivity index (χ4n) is 4.84. The highest BCUT2D eigenvalue weighted by Crippen LogP contribution is 2.33. The summed E-state index contributed by atoms with van der Waals surface area (Å²) in [4.78, 5) is 52.4.